The van der Waals surface area contributed by atoms with Crippen molar-refractivity contribution in [3.63, 3.8) is 0 Å². The first kappa shape index (κ1) is 11.8. The third-order valence-corrected chi connectivity index (χ3v) is 2.94. The van der Waals surface area contributed by atoms with Crippen LogP contribution in [0.5, 0.6) is 0 Å². The number of carbonyl (C=O) groups excluding carboxylic acids is 1. The predicted molar refractivity (Wildman–Crippen MR) is 59.2 cm³/mol. The lowest BCUT2D eigenvalue weighted by Crippen LogP contribution is -2.34. The molecule has 0 aliphatic carbocycles. The van der Waals surface area contributed by atoms with Crippen molar-refractivity contribution >= 4 is 11.7 Å². The second-order valence-electron chi connectivity index (χ2n) is 4.24. The topological polar surface area (TPSA) is 94.5 Å². The normalized spacial score (nSPS) is 17.0. The maximum atomic E-state index is 12.0. The quantitative estimate of drug-likeness (QED) is 0.808. The Bertz CT molecular complexity index is 387. The summed E-state index contributed by atoms with van der Waals surface area (Å²) in [4.78, 5) is 13.6. The number of hydrogen-bond acceptors (Lipinski definition) is 6. The van der Waals surface area contributed by atoms with E-state index in [1.165, 1.54) is 0 Å². The average Bonchev–Trinajstić information content (AvgIpc) is 2.76. The molecule has 0 radical (unpaired) electrons. The summed E-state index contributed by atoms with van der Waals surface area (Å²) < 4.78 is 9.69. The molecule has 2 rings (SSSR count). The van der Waals surface area contributed by atoms with Crippen LogP contribution in [0.4, 0.5) is 5.82 Å². The van der Waals surface area contributed by atoms with Gasteiger partial charge in [-0.2, -0.15) is 0 Å². The Labute approximate surface area is 98.9 Å². The maximum absolute atomic E-state index is 12.0. The lowest BCUT2D eigenvalue weighted by atomic mass is 10.00. The minimum absolute atomic E-state index is 0.0360. The van der Waals surface area contributed by atoms with Crippen LogP contribution in [-0.2, 0) is 4.74 Å². The fourth-order valence-corrected chi connectivity index (χ4v) is 1.92. The van der Waals surface area contributed by atoms with E-state index in [9.17, 15) is 4.79 Å². The molecule has 0 spiro atoms. The molecule has 7 nitrogen and oxygen atoms in total. The fraction of sp³-hybridized carbons (Fsp3) is 0.700. The second kappa shape index (κ2) is 5.13. The number of anilines is 1. The molecule has 2 heterocycles. The number of aromatic nitrogens is 2. The van der Waals surface area contributed by atoms with E-state index in [2.05, 4.69) is 14.9 Å². The molecule has 7 heteroatoms. The molecule has 0 aromatic carbocycles. The number of ether oxygens (including phenoxy) is 1. The summed E-state index contributed by atoms with van der Waals surface area (Å²) in [5.74, 6) is 0.253. The molecule has 1 fully saturated rings. The average molecular weight is 240 g/mol. The van der Waals surface area contributed by atoms with Gasteiger partial charge in [0.1, 0.15) is 0 Å². The molecular weight excluding hydrogens is 224 g/mol. The zero-order chi connectivity index (χ0) is 12.3. The summed E-state index contributed by atoms with van der Waals surface area (Å²) in [5, 5.41) is 6.89. The second-order valence-corrected chi connectivity index (χ2v) is 4.24. The molecule has 1 aliphatic rings. The third kappa shape index (κ3) is 2.73. The molecular formula is C10H16N4O3. The van der Waals surface area contributed by atoms with Gasteiger partial charge in [-0.1, -0.05) is 0 Å². The molecule has 0 bridgehead atoms. The van der Waals surface area contributed by atoms with Gasteiger partial charge in [-0.05, 0) is 29.1 Å². The summed E-state index contributed by atoms with van der Waals surface area (Å²) in [6.07, 6.45) is 1.95. The van der Waals surface area contributed by atoms with Crippen molar-refractivity contribution in [3.8, 4) is 0 Å². The van der Waals surface area contributed by atoms with E-state index in [4.69, 9.17) is 10.5 Å². The fourth-order valence-electron chi connectivity index (χ4n) is 1.92. The predicted octanol–water partition coefficient (Wildman–Crippen LogP) is 0.150. The van der Waals surface area contributed by atoms with Gasteiger partial charge in [0.2, 0.25) is 11.5 Å². The molecule has 2 N–H and O–H groups in total. The van der Waals surface area contributed by atoms with Crippen LogP contribution in [0.2, 0.25) is 0 Å². The Morgan fingerprint density at radius 3 is 2.76 bits per heavy atom. The van der Waals surface area contributed by atoms with Crippen LogP contribution < -0.4 is 5.73 Å². The minimum atomic E-state index is -0.254. The summed E-state index contributed by atoms with van der Waals surface area (Å²) in [7, 11) is 1.73. The Morgan fingerprint density at radius 1 is 1.47 bits per heavy atom. The lowest BCUT2D eigenvalue weighted by molar-refractivity contribution is 0.0493. The summed E-state index contributed by atoms with van der Waals surface area (Å²) >= 11 is 0. The number of hydrogen-bond donors (Lipinski definition) is 1. The largest absolute Gasteiger partial charge is 0.381 e. The monoisotopic (exact) mass is 240 g/mol. The molecule has 0 unspecified atom stereocenters. The van der Waals surface area contributed by atoms with E-state index in [0.29, 0.717) is 12.5 Å². The zero-order valence-corrected chi connectivity index (χ0v) is 9.76. The SMILES string of the molecule is CN(CC1CCOCC1)C(=O)c1nonc1N. The number of nitrogen functional groups attached to an aromatic ring is 1. The van der Waals surface area contributed by atoms with Gasteiger partial charge < -0.3 is 15.4 Å². The minimum Gasteiger partial charge on any atom is -0.381 e. The van der Waals surface area contributed by atoms with Gasteiger partial charge in [0, 0.05) is 26.8 Å². The molecule has 17 heavy (non-hydrogen) atoms. The van der Waals surface area contributed by atoms with Crippen LogP contribution >= 0.6 is 0 Å². The number of carbonyl (C=O) groups is 1. The van der Waals surface area contributed by atoms with Crippen molar-refractivity contribution in [3.05, 3.63) is 5.69 Å². The molecule has 1 aromatic rings. The van der Waals surface area contributed by atoms with Crippen molar-refractivity contribution in [1.82, 2.24) is 15.2 Å². The molecule has 1 aliphatic heterocycles. The molecule has 1 amide bonds. The number of rotatable bonds is 3. The van der Waals surface area contributed by atoms with E-state index < -0.39 is 0 Å². The number of nitrogens with zero attached hydrogens (tertiary/aromatic N) is 3. The first-order valence-electron chi connectivity index (χ1n) is 5.59. The molecule has 0 saturated carbocycles. The summed E-state index contributed by atoms with van der Waals surface area (Å²) in [5.41, 5.74) is 5.56. The van der Waals surface area contributed by atoms with Crippen molar-refractivity contribution in [1.29, 1.82) is 0 Å². The molecule has 1 aromatic heterocycles. The Kier molecular flexibility index (Phi) is 3.58. The standard InChI is InChI=1S/C10H16N4O3/c1-14(6-7-2-4-16-5-3-7)10(15)8-9(11)13-17-12-8/h7H,2-6H2,1H3,(H2,11,13). The van der Waals surface area contributed by atoms with Crippen LogP contribution in [0.3, 0.4) is 0 Å². The van der Waals surface area contributed by atoms with Crippen LogP contribution in [-0.4, -0.2) is 47.9 Å². The van der Waals surface area contributed by atoms with E-state index in [0.717, 1.165) is 26.1 Å². The van der Waals surface area contributed by atoms with Crippen LogP contribution in [0.1, 0.15) is 23.3 Å². The smallest absolute Gasteiger partial charge is 0.279 e. The van der Waals surface area contributed by atoms with Gasteiger partial charge in [-0.15, -0.1) is 0 Å². The summed E-state index contributed by atoms with van der Waals surface area (Å²) in [6, 6.07) is 0. The van der Waals surface area contributed by atoms with E-state index >= 15 is 0 Å². The van der Waals surface area contributed by atoms with E-state index in [1.54, 1.807) is 11.9 Å². The molecule has 1 saturated heterocycles. The van der Waals surface area contributed by atoms with Gasteiger partial charge in [0.15, 0.2) is 0 Å². The van der Waals surface area contributed by atoms with Crippen LogP contribution in [0.25, 0.3) is 0 Å². The van der Waals surface area contributed by atoms with Crippen molar-refractivity contribution < 1.29 is 14.2 Å². The van der Waals surface area contributed by atoms with Gasteiger partial charge in [0.25, 0.3) is 5.91 Å². The van der Waals surface area contributed by atoms with Crippen LogP contribution in [0, 0.1) is 5.92 Å². The Morgan fingerprint density at radius 2 is 2.18 bits per heavy atom. The van der Waals surface area contributed by atoms with Gasteiger partial charge in [0.05, 0.1) is 0 Å². The first-order chi connectivity index (χ1) is 8.18. The Hall–Kier alpha value is -1.63. The summed E-state index contributed by atoms with van der Waals surface area (Å²) in [6.45, 7) is 2.20. The van der Waals surface area contributed by atoms with Crippen molar-refractivity contribution in [2.24, 2.45) is 5.92 Å². The molecule has 94 valence electrons. The highest BCUT2D eigenvalue weighted by molar-refractivity contribution is 5.95. The van der Waals surface area contributed by atoms with Crippen molar-refractivity contribution in [2.75, 3.05) is 32.5 Å². The highest BCUT2D eigenvalue weighted by Gasteiger charge is 2.23. The van der Waals surface area contributed by atoms with Gasteiger partial charge in [-0.3, -0.25) is 4.79 Å². The number of amides is 1. The maximum Gasteiger partial charge on any atom is 0.279 e. The lowest BCUT2D eigenvalue weighted by Gasteiger charge is -2.26. The third-order valence-electron chi connectivity index (χ3n) is 2.94. The first-order valence-corrected chi connectivity index (χ1v) is 5.59. The van der Waals surface area contributed by atoms with E-state index in [1.807, 2.05) is 0 Å². The van der Waals surface area contributed by atoms with Crippen LogP contribution in [0.15, 0.2) is 4.63 Å². The zero-order valence-electron chi connectivity index (χ0n) is 9.76. The van der Waals surface area contributed by atoms with Crippen molar-refractivity contribution in [2.45, 2.75) is 12.8 Å². The van der Waals surface area contributed by atoms with Gasteiger partial charge in [-0.25, -0.2) is 4.63 Å². The molecule has 0 atom stereocenters. The van der Waals surface area contributed by atoms with Gasteiger partial charge >= 0.3 is 0 Å². The number of nitrogens with two attached hydrogens (primary N) is 1. The Balaban J connectivity index is 1.93. The van der Waals surface area contributed by atoms with E-state index in [-0.39, 0.29) is 17.4 Å². The highest BCUT2D eigenvalue weighted by atomic mass is 16.6. The highest BCUT2D eigenvalue weighted by Crippen LogP contribution is 2.17.